The summed E-state index contributed by atoms with van der Waals surface area (Å²) in [4.78, 5) is 7.30. The van der Waals surface area contributed by atoms with Crippen molar-refractivity contribution in [1.82, 2.24) is 15.0 Å². The fraction of sp³-hybridized carbons (Fsp3) is 0.600. The predicted octanol–water partition coefficient (Wildman–Crippen LogP) is 4.08. The van der Waals surface area contributed by atoms with Gasteiger partial charge in [-0.15, -0.1) is 0 Å². The Hall–Kier alpha value is -1.72. The van der Waals surface area contributed by atoms with Crippen molar-refractivity contribution < 1.29 is 9.26 Å². The summed E-state index contributed by atoms with van der Waals surface area (Å²) >= 11 is 0. The van der Waals surface area contributed by atoms with Gasteiger partial charge < -0.3 is 9.26 Å². The molecule has 0 unspecified atom stereocenters. The second-order valence-corrected chi connectivity index (χ2v) is 7.17. The monoisotopic (exact) mass is 341 g/mol. The summed E-state index contributed by atoms with van der Waals surface area (Å²) in [5.74, 6) is 1.84. The van der Waals surface area contributed by atoms with Crippen LogP contribution >= 0.6 is 0 Å². The Labute approximate surface area is 149 Å². The molecule has 4 rings (SSSR count). The molecule has 2 aliphatic heterocycles. The smallest absolute Gasteiger partial charge is 0.252 e. The minimum absolute atomic E-state index is 0.362. The van der Waals surface area contributed by atoms with Crippen molar-refractivity contribution in [3.63, 3.8) is 0 Å². The van der Waals surface area contributed by atoms with Crippen molar-refractivity contribution in [2.24, 2.45) is 0 Å². The molecule has 0 radical (unpaired) electrons. The average molecular weight is 341 g/mol. The van der Waals surface area contributed by atoms with E-state index in [0.29, 0.717) is 30.5 Å². The highest BCUT2D eigenvalue weighted by Gasteiger charge is 2.46. The lowest BCUT2D eigenvalue weighted by molar-refractivity contribution is 0.0953. The molecule has 2 aliphatic rings. The molecule has 2 aromatic rings. The van der Waals surface area contributed by atoms with Crippen LogP contribution in [0.15, 0.2) is 34.9 Å². The molecule has 0 saturated carbocycles. The first-order valence-corrected chi connectivity index (χ1v) is 9.57. The fourth-order valence-corrected chi connectivity index (χ4v) is 4.33. The van der Waals surface area contributed by atoms with Crippen LogP contribution in [0.2, 0.25) is 0 Å². The molecule has 1 aromatic carbocycles. The Morgan fingerprint density at radius 1 is 1.28 bits per heavy atom. The van der Waals surface area contributed by atoms with E-state index < -0.39 is 0 Å². The minimum Gasteiger partial charge on any atom is -0.372 e. The first-order chi connectivity index (χ1) is 12.4. The third-order valence-electron chi connectivity index (χ3n) is 5.55. The summed E-state index contributed by atoms with van der Waals surface area (Å²) in [6.45, 7) is 4.51. The van der Waals surface area contributed by atoms with E-state index in [1.807, 2.05) is 0 Å². The summed E-state index contributed by atoms with van der Waals surface area (Å²) in [6.07, 6.45) is 5.76. The SMILES string of the molecule is CCCCOCc1nc([C@@H]2C[C@H](c3ccccc3)N3CCC[C@@H]23)no1. The van der Waals surface area contributed by atoms with Crippen molar-refractivity contribution >= 4 is 0 Å². The van der Waals surface area contributed by atoms with Gasteiger partial charge in [-0.1, -0.05) is 48.8 Å². The largest absolute Gasteiger partial charge is 0.372 e. The van der Waals surface area contributed by atoms with E-state index in [9.17, 15) is 0 Å². The molecule has 25 heavy (non-hydrogen) atoms. The van der Waals surface area contributed by atoms with Crippen LogP contribution in [0.5, 0.6) is 0 Å². The molecule has 2 saturated heterocycles. The second kappa shape index (κ2) is 7.67. The van der Waals surface area contributed by atoms with Crippen LogP contribution in [0.1, 0.15) is 68.3 Å². The summed E-state index contributed by atoms with van der Waals surface area (Å²) < 4.78 is 11.0. The van der Waals surface area contributed by atoms with Crippen LogP contribution in [0.25, 0.3) is 0 Å². The topological polar surface area (TPSA) is 51.4 Å². The summed E-state index contributed by atoms with van der Waals surface area (Å²) in [7, 11) is 0. The normalized spacial score (nSPS) is 26.2. The van der Waals surface area contributed by atoms with Gasteiger partial charge in [-0.25, -0.2) is 0 Å². The van der Waals surface area contributed by atoms with E-state index in [1.54, 1.807) is 0 Å². The number of ether oxygens (including phenoxy) is 1. The van der Waals surface area contributed by atoms with Crippen molar-refractivity contribution in [2.75, 3.05) is 13.2 Å². The molecule has 0 spiro atoms. The average Bonchev–Trinajstić information content (AvgIpc) is 3.36. The predicted molar refractivity (Wildman–Crippen MR) is 95.1 cm³/mol. The molecular weight excluding hydrogens is 314 g/mol. The minimum atomic E-state index is 0.362. The van der Waals surface area contributed by atoms with E-state index in [4.69, 9.17) is 9.26 Å². The molecular formula is C20H27N3O2. The fourth-order valence-electron chi connectivity index (χ4n) is 4.33. The molecule has 0 aliphatic carbocycles. The van der Waals surface area contributed by atoms with Crippen LogP contribution in [0.3, 0.4) is 0 Å². The van der Waals surface area contributed by atoms with Crippen LogP contribution in [-0.2, 0) is 11.3 Å². The Morgan fingerprint density at radius 2 is 2.16 bits per heavy atom. The van der Waals surface area contributed by atoms with Gasteiger partial charge in [0.05, 0.1) is 0 Å². The molecule has 0 bridgehead atoms. The first kappa shape index (κ1) is 16.7. The Kier molecular flexibility index (Phi) is 5.13. The van der Waals surface area contributed by atoms with E-state index in [2.05, 4.69) is 52.3 Å². The number of hydrogen-bond donors (Lipinski definition) is 0. The van der Waals surface area contributed by atoms with E-state index in [-0.39, 0.29) is 0 Å². The van der Waals surface area contributed by atoms with Crippen molar-refractivity contribution in [1.29, 1.82) is 0 Å². The molecule has 0 amide bonds. The molecule has 5 nitrogen and oxygen atoms in total. The van der Waals surface area contributed by atoms with Crippen molar-refractivity contribution in [2.45, 2.75) is 63.6 Å². The maximum atomic E-state index is 5.61. The van der Waals surface area contributed by atoms with Crippen molar-refractivity contribution in [3.05, 3.63) is 47.6 Å². The highest BCUT2D eigenvalue weighted by Crippen LogP contribution is 2.48. The van der Waals surface area contributed by atoms with Gasteiger partial charge in [0.1, 0.15) is 6.61 Å². The lowest BCUT2D eigenvalue weighted by Crippen LogP contribution is -2.27. The zero-order chi connectivity index (χ0) is 17.1. The van der Waals surface area contributed by atoms with Gasteiger partial charge in [0.2, 0.25) is 0 Å². The number of aromatic nitrogens is 2. The molecule has 3 atom stereocenters. The maximum absolute atomic E-state index is 5.61. The molecule has 2 fully saturated rings. The number of unbranched alkanes of at least 4 members (excludes halogenated alkanes) is 1. The molecule has 5 heteroatoms. The zero-order valence-corrected chi connectivity index (χ0v) is 14.9. The van der Waals surface area contributed by atoms with Crippen LogP contribution in [0.4, 0.5) is 0 Å². The number of nitrogens with zero attached hydrogens (tertiary/aromatic N) is 3. The number of benzene rings is 1. The summed E-state index contributed by atoms with van der Waals surface area (Å²) in [5, 5.41) is 4.29. The zero-order valence-electron chi connectivity index (χ0n) is 14.9. The second-order valence-electron chi connectivity index (χ2n) is 7.17. The summed E-state index contributed by atoms with van der Waals surface area (Å²) in [6, 6.07) is 11.8. The van der Waals surface area contributed by atoms with Crippen molar-refractivity contribution in [3.8, 4) is 0 Å². The number of fused-ring (bicyclic) bond motifs is 1. The molecule has 1 aromatic heterocycles. The molecule has 134 valence electrons. The number of hydrogen-bond acceptors (Lipinski definition) is 5. The van der Waals surface area contributed by atoms with Gasteiger partial charge in [-0.3, -0.25) is 4.90 Å². The lowest BCUT2D eigenvalue weighted by atomic mass is 9.94. The van der Waals surface area contributed by atoms with Gasteiger partial charge in [-0.05, 0) is 37.8 Å². The molecule has 3 heterocycles. The summed E-state index contributed by atoms with van der Waals surface area (Å²) in [5.41, 5.74) is 1.41. The number of rotatable bonds is 7. The van der Waals surface area contributed by atoms with Crippen LogP contribution < -0.4 is 0 Å². The third-order valence-corrected chi connectivity index (χ3v) is 5.55. The van der Waals surface area contributed by atoms with Crippen LogP contribution in [0, 0.1) is 0 Å². The van der Waals surface area contributed by atoms with Gasteiger partial charge in [-0.2, -0.15) is 4.98 Å². The quantitative estimate of drug-likeness (QED) is 0.710. The van der Waals surface area contributed by atoms with Gasteiger partial charge in [0.15, 0.2) is 5.82 Å². The lowest BCUT2D eigenvalue weighted by Gasteiger charge is -2.24. The van der Waals surface area contributed by atoms with Gasteiger partial charge >= 0.3 is 0 Å². The Balaban J connectivity index is 1.46. The van der Waals surface area contributed by atoms with Gasteiger partial charge in [0.25, 0.3) is 5.89 Å². The molecule has 0 N–H and O–H groups in total. The Morgan fingerprint density at radius 3 is 3.00 bits per heavy atom. The van der Waals surface area contributed by atoms with E-state index >= 15 is 0 Å². The van der Waals surface area contributed by atoms with E-state index in [1.165, 1.54) is 24.9 Å². The highest BCUT2D eigenvalue weighted by atomic mass is 16.5. The third kappa shape index (κ3) is 3.48. The standard InChI is InChI=1S/C20H27N3O2/c1-2-3-12-24-14-19-21-20(22-25-19)16-13-18(15-8-5-4-6-9-15)23-11-7-10-17(16)23/h4-6,8-9,16-18H,2-3,7,10-14H2,1H3/t16-,17+,18-/m1/s1. The van der Waals surface area contributed by atoms with Crippen LogP contribution in [-0.4, -0.2) is 34.2 Å². The first-order valence-electron chi connectivity index (χ1n) is 9.57. The van der Waals surface area contributed by atoms with E-state index in [0.717, 1.165) is 31.7 Å². The maximum Gasteiger partial charge on any atom is 0.252 e. The highest BCUT2D eigenvalue weighted by molar-refractivity contribution is 5.24. The van der Waals surface area contributed by atoms with Gasteiger partial charge in [0, 0.05) is 24.6 Å². The Bertz CT molecular complexity index is 673.